The van der Waals surface area contributed by atoms with Gasteiger partial charge in [-0.3, -0.25) is 24.0 Å². The van der Waals surface area contributed by atoms with Gasteiger partial charge in [-0.05, 0) is 0 Å². The summed E-state index contributed by atoms with van der Waals surface area (Å²) in [7, 11) is 0. The molecule has 0 saturated heterocycles. The number of rotatable bonds is 5. The van der Waals surface area contributed by atoms with Crippen molar-refractivity contribution in [1.82, 2.24) is 0 Å². The standard InChI is InChI=1S/C16H22O10/c1-7(17)22-12-6-13(23-8(2)18)15(25-10(4)20)16(26-11(5)21)14(12)24-9(3)19/h12-16H,6H2,1-5H3/t12-,13-,14-,15+,16?/m1/s1. The molecular formula is C16H22O10. The minimum Gasteiger partial charge on any atom is -0.458 e. The second-order valence-corrected chi connectivity index (χ2v) is 5.75. The van der Waals surface area contributed by atoms with Crippen LogP contribution in [0, 0.1) is 0 Å². The van der Waals surface area contributed by atoms with Gasteiger partial charge in [0.05, 0.1) is 0 Å². The van der Waals surface area contributed by atoms with Gasteiger partial charge in [0.15, 0.2) is 18.3 Å². The lowest BCUT2D eigenvalue weighted by atomic mass is 9.86. The van der Waals surface area contributed by atoms with Crippen molar-refractivity contribution < 1.29 is 47.7 Å². The van der Waals surface area contributed by atoms with Crippen LogP contribution in [0.3, 0.4) is 0 Å². The van der Waals surface area contributed by atoms with Crippen LogP contribution in [0.4, 0.5) is 0 Å². The summed E-state index contributed by atoms with van der Waals surface area (Å²) in [6, 6.07) is 0. The first-order valence-corrected chi connectivity index (χ1v) is 7.87. The number of ether oxygens (including phenoxy) is 5. The van der Waals surface area contributed by atoms with Gasteiger partial charge in [-0.1, -0.05) is 0 Å². The average Bonchev–Trinajstić information content (AvgIpc) is 2.44. The summed E-state index contributed by atoms with van der Waals surface area (Å²) in [6.45, 7) is 5.63. The van der Waals surface area contributed by atoms with Crippen molar-refractivity contribution in [2.45, 2.75) is 71.6 Å². The number of esters is 5. The van der Waals surface area contributed by atoms with Crippen LogP contribution < -0.4 is 0 Å². The minimum absolute atomic E-state index is 0.118. The Morgan fingerprint density at radius 2 is 0.769 bits per heavy atom. The molecule has 26 heavy (non-hydrogen) atoms. The Morgan fingerprint density at radius 3 is 1.04 bits per heavy atom. The smallest absolute Gasteiger partial charge is 0.303 e. The molecule has 0 aliphatic heterocycles. The first kappa shape index (κ1) is 21.4. The molecule has 1 rings (SSSR count). The maximum atomic E-state index is 11.5. The predicted molar refractivity (Wildman–Crippen MR) is 82.4 cm³/mol. The monoisotopic (exact) mass is 374 g/mol. The quantitative estimate of drug-likeness (QED) is 0.480. The van der Waals surface area contributed by atoms with E-state index in [0.717, 1.165) is 34.6 Å². The van der Waals surface area contributed by atoms with Crippen LogP contribution in [0.2, 0.25) is 0 Å². The first-order chi connectivity index (χ1) is 12.0. The van der Waals surface area contributed by atoms with Gasteiger partial charge in [-0.2, -0.15) is 0 Å². The van der Waals surface area contributed by atoms with Crippen molar-refractivity contribution in [1.29, 1.82) is 0 Å². The third kappa shape index (κ3) is 6.34. The molecule has 0 aromatic rings. The lowest BCUT2D eigenvalue weighted by Gasteiger charge is -2.43. The predicted octanol–water partition coefficient (Wildman–Crippen LogP) is 0.0486. The van der Waals surface area contributed by atoms with Crippen molar-refractivity contribution in [3.63, 3.8) is 0 Å². The van der Waals surface area contributed by atoms with E-state index < -0.39 is 60.4 Å². The molecule has 0 radical (unpaired) electrons. The van der Waals surface area contributed by atoms with Gasteiger partial charge in [0.1, 0.15) is 12.2 Å². The van der Waals surface area contributed by atoms with Gasteiger partial charge >= 0.3 is 29.8 Å². The molecule has 1 aliphatic rings. The normalized spacial score (nSPS) is 27.7. The van der Waals surface area contributed by atoms with Gasteiger partial charge in [0.25, 0.3) is 0 Å². The Balaban J connectivity index is 3.32. The number of carbonyl (C=O) groups is 5. The summed E-state index contributed by atoms with van der Waals surface area (Å²) in [6.07, 6.45) is -6.07. The van der Waals surface area contributed by atoms with E-state index in [1.807, 2.05) is 0 Å². The summed E-state index contributed by atoms with van der Waals surface area (Å²) in [5, 5.41) is 0. The molecule has 10 heteroatoms. The molecular weight excluding hydrogens is 352 g/mol. The Morgan fingerprint density at radius 1 is 0.500 bits per heavy atom. The molecule has 5 atom stereocenters. The molecule has 146 valence electrons. The second-order valence-electron chi connectivity index (χ2n) is 5.75. The molecule has 0 aromatic heterocycles. The number of hydrogen-bond donors (Lipinski definition) is 0. The lowest BCUT2D eigenvalue weighted by molar-refractivity contribution is -0.230. The third-order valence-corrected chi connectivity index (χ3v) is 3.39. The average molecular weight is 374 g/mol. The van der Waals surface area contributed by atoms with Crippen LogP contribution in [0.25, 0.3) is 0 Å². The molecule has 10 nitrogen and oxygen atoms in total. The zero-order chi connectivity index (χ0) is 20.0. The Kier molecular flexibility index (Phi) is 7.54. The van der Waals surface area contributed by atoms with Crippen molar-refractivity contribution in [2.24, 2.45) is 0 Å². The van der Waals surface area contributed by atoms with E-state index in [0.29, 0.717) is 0 Å². The largest absolute Gasteiger partial charge is 0.458 e. The highest BCUT2D eigenvalue weighted by atomic mass is 16.6. The first-order valence-electron chi connectivity index (χ1n) is 7.87. The van der Waals surface area contributed by atoms with Crippen LogP contribution in [0.5, 0.6) is 0 Å². The van der Waals surface area contributed by atoms with Gasteiger partial charge in [0, 0.05) is 41.0 Å². The SMILES string of the molecule is CC(=O)OC1[C@@H](OC(C)=O)[C@H](OC(C)=O)C[C@@H](OC(C)=O)[C@H]1OC(C)=O. The molecule has 1 fully saturated rings. The summed E-state index contributed by atoms with van der Waals surface area (Å²) in [4.78, 5) is 57.2. The fourth-order valence-corrected chi connectivity index (χ4v) is 2.76. The van der Waals surface area contributed by atoms with Crippen LogP contribution >= 0.6 is 0 Å². The van der Waals surface area contributed by atoms with Crippen LogP contribution in [-0.4, -0.2) is 60.4 Å². The van der Waals surface area contributed by atoms with Crippen molar-refractivity contribution in [3.8, 4) is 0 Å². The maximum Gasteiger partial charge on any atom is 0.303 e. The Bertz CT molecular complexity index is 542. The summed E-state index contributed by atoms with van der Waals surface area (Å²) < 4.78 is 25.8. The lowest BCUT2D eigenvalue weighted by Crippen LogP contribution is -2.61. The molecule has 0 N–H and O–H groups in total. The molecule has 1 unspecified atom stereocenters. The van der Waals surface area contributed by atoms with Crippen LogP contribution in [0.1, 0.15) is 41.0 Å². The second kappa shape index (κ2) is 9.16. The number of hydrogen-bond acceptors (Lipinski definition) is 10. The third-order valence-electron chi connectivity index (χ3n) is 3.39. The molecule has 1 saturated carbocycles. The minimum atomic E-state index is -1.33. The molecule has 0 spiro atoms. The summed E-state index contributed by atoms with van der Waals surface area (Å²) in [5.41, 5.74) is 0. The zero-order valence-electron chi connectivity index (χ0n) is 15.2. The summed E-state index contributed by atoms with van der Waals surface area (Å²) >= 11 is 0. The van der Waals surface area contributed by atoms with Crippen molar-refractivity contribution in [3.05, 3.63) is 0 Å². The van der Waals surface area contributed by atoms with E-state index in [1.54, 1.807) is 0 Å². The zero-order valence-corrected chi connectivity index (χ0v) is 15.2. The molecule has 0 heterocycles. The highest BCUT2D eigenvalue weighted by molar-refractivity contribution is 5.70. The highest BCUT2D eigenvalue weighted by Crippen LogP contribution is 2.32. The maximum absolute atomic E-state index is 11.5. The fourth-order valence-electron chi connectivity index (χ4n) is 2.76. The van der Waals surface area contributed by atoms with E-state index in [4.69, 9.17) is 23.7 Å². The van der Waals surface area contributed by atoms with Gasteiger partial charge in [0.2, 0.25) is 0 Å². The van der Waals surface area contributed by atoms with Crippen molar-refractivity contribution in [2.75, 3.05) is 0 Å². The summed E-state index contributed by atoms with van der Waals surface area (Å²) in [5.74, 6) is -3.56. The highest BCUT2D eigenvalue weighted by Gasteiger charge is 2.53. The molecule has 0 bridgehead atoms. The van der Waals surface area contributed by atoms with E-state index in [2.05, 4.69) is 0 Å². The molecule has 1 aliphatic carbocycles. The number of carbonyl (C=O) groups excluding carboxylic acids is 5. The molecule has 0 aromatic carbocycles. The van der Waals surface area contributed by atoms with Crippen LogP contribution in [-0.2, 0) is 47.7 Å². The van der Waals surface area contributed by atoms with E-state index in [9.17, 15) is 24.0 Å². The fraction of sp³-hybridized carbons (Fsp3) is 0.688. The Labute approximate surface area is 150 Å². The van der Waals surface area contributed by atoms with E-state index in [-0.39, 0.29) is 6.42 Å². The van der Waals surface area contributed by atoms with Crippen LogP contribution in [0.15, 0.2) is 0 Å². The van der Waals surface area contributed by atoms with E-state index >= 15 is 0 Å². The Hall–Kier alpha value is -2.65. The molecule has 0 amide bonds. The van der Waals surface area contributed by atoms with Gasteiger partial charge < -0.3 is 23.7 Å². The topological polar surface area (TPSA) is 132 Å². The van der Waals surface area contributed by atoms with Gasteiger partial charge in [-0.15, -0.1) is 0 Å². The van der Waals surface area contributed by atoms with E-state index in [1.165, 1.54) is 0 Å². The van der Waals surface area contributed by atoms with Gasteiger partial charge in [-0.25, -0.2) is 0 Å². The van der Waals surface area contributed by atoms with Crippen molar-refractivity contribution >= 4 is 29.8 Å².